The summed E-state index contributed by atoms with van der Waals surface area (Å²) in [6, 6.07) is 8.44. The third-order valence-electron chi connectivity index (χ3n) is 2.65. The molecule has 0 unspecified atom stereocenters. The monoisotopic (exact) mass is 323 g/mol. The number of halogens is 1. The highest BCUT2D eigenvalue weighted by molar-refractivity contribution is 9.10. The lowest BCUT2D eigenvalue weighted by atomic mass is 10.3. The second-order valence-corrected chi connectivity index (χ2v) is 5.45. The fraction of sp³-hybridized carbons (Fsp3) is 0.357. The van der Waals surface area contributed by atoms with Crippen LogP contribution in [0.2, 0.25) is 0 Å². The zero-order valence-electron chi connectivity index (χ0n) is 11.1. The summed E-state index contributed by atoms with van der Waals surface area (Å²) >= 11 is 3.41. The van der Waals surface area contributed by atoms with E-state index >= 15 is 0 Å². The number of hydrogen-bond donors (Lipinski definition) is 1. The van der Waals surface area contributed by atoms with E-state index in [2.05, 4.69) is 40.2 Å². The number of anilines is 1. The number of hydrogen-bond acceptors (Lipinski definition) is 3. The van der Waals surface area contributed by atoms with Crippen LogP contribution in [0.5, 0.6) is 5.75 Å². The van der Waals surface area contributed by atoms with Gasteiger partial charge in [-0.25, -0.2) is 0 Å². The van der Waals surface area contributed by atoms with Crippen LogP contribution in [0.15, 0.2) is 41.1 Å². The molecule has 1 heterocycles. The summed E-state index contributed by atoms with van der Waals surface area (Å²) in [6.45, 7) is 5.55. The molecule has 102 valence electrons. The average molecular weight is 324 g/mol. The molecule has 0 saturated carbocycles. The molecular formula is C14H18BrN3O. The second kappa shape index (κ2) is 6.61. The fourth-order valence-corrected chi connectivity index (χ4v) is 1.87. The van der Waals surface area contributed by atoms with Gasteiger partial charge in [0.05, 0.1) is 12.4 Å². The molecule has 0 fully saturated rings. The number of benzene rings is 1. The molecule has 0 saturated heterocycles. The van der Waals surface area contributed by atoms with Gasteiger partial charge in [0.25, 0.3) is 0 Å². The first kappa shape index (κ1) is 13.9. The predicted molar refractivity (Wildman–Crippen MR) is 80.7 cm³/mol. The Bertz CT molecular complexity index is 508. The molecule has 2 rings (SSSR count). The van der Waals surface area contributed by atoms with Crippen LogP contribution < -0.4 is 10.1 Å². The normalized spacial score (nSPS) is 10.7. The molecule has 0 bridgehead atoms. The zero-order valence-corrected chi connectivity index (χ0v) is 12.7. The largest absolute Gasteiger partial charge is 0.488 e. The molecule has 0 aliphatic rings. The smallest absolute Gasteiger partial charge is 0.157 e. The number of ether oxygens (including phenoxy) is 1. The van der Waals surface area contributed by atoms with Crippen molar-refractivity contribution < 1.29 is 4.74 Å². The van der Waals surface area contributed by atoms with Crippen molar-refractivity contribution in [1.29, 1.82) is 0 Å². The maximum Gasteiger partial charge on any atom is 0.157 e. The minimum absolute atomic E-state index is 0.359. The molecule has 4 nitrogen and oxygen atoms in total. The molecule has 0 aliphatic carbocycles. The third-order valence-corrected chi connectivity index (χ3v) is 3.18. The summed E-state index contributed by atoms with van der Waals surface area (Å²) in [7, 11) is 0. The Morgan fingerprint density at radius 3 is 2.68 bits per heavy atom. The Labute approximate surface area is 121 Å². The first-order chi connectivity index (χ1) is 9.15. The van der Waals surface area contributed by atoms with Crippen LogP contribution >= 0.6 is 15.9 Å². The SMILES string of the molecule is CC(C)n1cc(OCCNc2ccc(Br)cc2)cn1. The second-order valence-electron chi connectivity index (χ2n) is 4.53. The quantitative estimate of drug-likeness (QED) is 0.823. The van der Waals surface area contributed by atoms with Crippen molar-refractivity contribution in [2.75, 3.05) is 18.5 Å². The first-order valence-corrected chi connectivity index (χ1v) is 7.11. The van der Waals surface area contributed by atoms with Crippen molar-refractivity contribution in [3.63, 3.8) is 0 Å². The van der Waals surface area contributed by atoms with Gasteiger partial charge in [-0.1, -0.05) is 15.9 Å². The van der Waals surface area contributed by atoms with Crippen LogP contribution in [0.4, 0.5) is 5.69 Å². The molecular weight excluding hydrogens is 306 g/mol. The van der Waals surface area contributed by atoms with E-state index in [-0.39, 0.29) is 0 Å². The van der Waals surface area contributed by atoms with Crippen LogP contribution in [0.3, 0.4) is 0 Å². The van der Waals surface area contributed by atoms with Crippen molar-refractivity contribution in [3.8, 4) is 5.75 Å². The first-order valence-electron chi connectivity index (χ1n) is 6.31. The van der Waals surface area contributed by atoms with E-state index in [4.69, 9.17) is 4.74 Å². The Morgan fingerprint density at radius 2 is 2.05 bits per heavy atom. The molecule has 0 aliphatic heterocycles. The van der Waals surface area contributed by atoms with Crippen LogP contribution in [-0.4, -0.2) is 22.9 Å². The van der Waals surface area contributed by atoms with E-state index in [1.54, 1.807) is 6.20 Å². The van der Waals surface area contributed by atoms with Crippen molar-refractivity contribution in [2.45, 2.75) is 19.9 Å². The standard InChI is InChI=1S/C14H18BrN3O/c1-11(2)18-10-14(9-17-18)19-8-7-16-13-5-3-12(15)4-6-13/h3-6,9-11,16H,7-8H2,1-2H3. The summed E-state index contributed by atoms with van der Waals surface area (Å²) in [5.41, 5.74) is 1.09. The fourth-order valence-electron chi connectivity index (χ4n) is 1.61. The van der Waals surface area contributed by atoms with E-state index in [1.807, 2.05) is 35.1 Å². The van der Waals surface area contributed by atoms with Crippen LogP contribution in [0.25, 0.3) is 0 Å². The lowest BCUT2D eigenvalue weighted by molar-refractivity contribution is 0.332. The maximum absolute atomic E-state index is 5.63. The zero-order chi connectivity index (χ0) is 13.7. The third kappa shape index (κ3) is 4.28. The molecule has 0 amide bonds. The predicted octanol–water partition coefficient (Wildman–Crippen LogP) is 3.72. The van der Waals surface area contributed by atoms with Gasteiger partial charge >= 0.3 is 0 Å². The molecule has 1 aromatic carbocycles. The minimum atomic E-state index is 0.359. The number of nitrogens with zero attached hydrogens (tertiary/aromatic N) is 2. The van der Waals surface area contributed by atoms with Gasteiger partial charge in [0.15, 0.2) is 5.75 Å². The average Bonchev–Trinajstić information content (AvgIpc) is 2.86. The summed E-state index contributed by atoms with van der Waals surface area (Å²) in [5, 5.41) is 7.53. The topological polar surface area (TPSA) is 39.1 Å². The van der Waals surface area contributed by atoms with Crippen molar-refractivity contribution in [1.82, 2.24) is 9.78 Å². The maximum atomic E-state index is 5.63. The van der Waals surface area contributed by atoms with Gasteiger partial charge < -0.3 is 10.1 Å². The van der Waals surface area contributed by atoms with Gasteiger partial charge in [-0.2, -0.15) is 5.10 Å². The van der Waals surface area contributed by atoms with Gasteiger partial charge in [-0.15, -0.1) is 0 Å². The van der Waals surface area contributed by atoms with E-state index in [9.17, 15) is 0 Å². The van der Waals surface area contributed by atoms with Gasteiger partial charge in [-0.3, -0.25) is 4.68 Å². The van der Waals surface area contributed by atoms with Gasteiger partial charge in [0.1, 0.15) is 6.61 Å². The Balaban J connectivity index is 1.72. The summed E-state index contributed by atoms with van der Waals surface area (Å²) in [4.78, 5) is 0. The van der Waals surface area contributed by atoms with Gasteiger partial charge in [-0.05, 0) is 38.1 Å². The lowest BCUT2D eigenvalue weighted by Crippen LogP contribution is -2.11. The van der Waals surface area contributed by atoms with Crippen molar-refractivity contribution in [2.24, 2.45) is 0 Å². The number of aromatic nitrogens is 2. The van der Waals surface area contributed by atoms with E-state index in [0.29, 0.717) is 12.6 Å². The molecule has 0 spiro atoms. The highest BCUT2D eigenvalue weighted by Gasteiger charge is 2.01. The van der Waals surface area contributed by atoms with E-state index < -0.39 is 0 Å². The molecule has 0 radical (unpaired) electrons. The van der Waals surface area contributed by atoms with Crippen LogP contribution in [0.1, 0.15) is 19.9 Å². The van der Waals surface area contributed by atoms with Crippen LogP contribution in [-0.2, 0) is 0 Å². The highest BCUT2D eigenvalue weighted by atomic mass is 79.9. The van der Waals surface area contributed by atoms with Crippen molar-refractivity contribution in [3.05, 3.63) is 41.1 Å². The van der Waals surface area contributed by atoms with Crippen molar-refractivity contribution >= 4 is 21.6 Å². The van der Waals surface area contributed by atoms with Gasteiger partial charge in [0.2, 0.25) is 0 Å². The Kier molecular flexibility index (Phi) is 4.85. The minimum Gasteiger partial charge on any atom is -0.488 e. The highest BCUT2D eigenvalue weighted by Crippen LogP contribution is 2.14. The molecule has 19 heavy (non-hydrogen) atoms. The number of nitrogens with one attached hydrogen (secondary N) is 1. The van der Waals surface area contributed by atoms with E-state index in [1.165, 1.54) is 0 Å². The van der Waals surface area contributed by atoms with E-state index in [0.717, 1.165) is 22.5 Å². The number of rotatable bonds is 6. The Hall–Kier alpha value is -1.49. The summed E-state index contributed by atoms with van der Waals surface area (Å²) in [5.74, 6) is 0.811. The molecule has 1 aromatic heterocycles. The molecule has 2 aromatic rings. The Morgan fingerprint density at radius 1 is 1.32 bits per heavy atom. The molecule has 1 N–H and O–H groups in total. The summed E-state index contributed by atoms with van der Waals surface area (Å²) in [6.07, 6.45) is 3.67. The molecule has 0 atom stereocenters. The summed E-state index contributed by atoms with van der Waals surface area (Å²) < 4.78 is 8.59. The molecule has 5 heteroatoms. The lowest BCUT2D eigenvalue weighted by Gasteiger charge is -2.07. The van der Waals surface area contributed by atoms with Crippen LogP contribution in [0, 0.1) is 0 Å². The van der Waals surface area contributed by atoms with Gasteiger partial charge in [0, 0.05) is 22.7 Å².